The summed E-state index contributed by atoms with van der Waals surface area (Å²) in [5, 5.41) is 3.32. The minimum Gasteiger partial charge on any atom is -0.438 e. The molecule has 0 amide bonds. The van der Waals surface area contributed by atoms with E-state index in [0.29, 0.717) is 5.71 Å². The number of anilines is 2. The van der Waals surface area contributed by atoms with Gasteiger partial charge in [-0.05, 0) is 74.4 Å². The number of pyridine rings is 1. The Kier molecular flexibility index (Phi) is 5.94. The van der Waals surface area contributed by atoms with Gasteiger partial charge in [-0.3, -0.25) is 0 Å². The zero-order chi connectivity index (χ0) is 27.1. The lowest BCUT2D eigenvalue weighted by Crippen LogP contribution is -2.15. The standard InChI is InChI=1S/C36H29N3O/c1-3-12-25(13-4-2)38(26-14-6-5-7-15-26)28-23-32-31-22-27(20-21-35(31)40-36(32)37-24-28)39-33-18-10-8-16-29(33)30-17-9-11-19-34(30)39/h3-10,12-18,20-24H,1,11,19H2,2H3. The maximum absolute atomic E-state index is 6.23. The van der Waals surface area contributed by atoms with Crippen LogP contribution in [0.15, 0.2) is 132 Å². The number of hydrogen-bond acceptors (Lipinski definition) is 3. The lowest BCUT2D eigenvalue weighted by molar-refractivity contribution is 0.654. The molecular formula is C36H29N3O. The Morgan fingerprint density at radius 3 is 2.65 bits per heavy atom. The summed E-state index contributed by atoms with van der Waals surface area (Å²) < 4.78 is 8.64. The minimum atomic E-state index is 0.631. The summed E-state index contributed by atoms with van der Waals surface area (Å²) in [6, 6.07) is 27.7. The molecule has 0 unspecified atom stereocenters. The normalized spacial score (nSPS) is 13.5. The van der Waals surface area contributed by atoms with E-state index in [0.717, 1.165) is 52.0 Å². The molecule has 0 saturated carbocycles. The molecule has 1 aliphatic carbocycles. The summed E-state index contributed by atoms with van der Waals surface area (Å²) in [5.74, 6) is 0. The molecule has 194 valence electrons. The van der Waals surface area contributed by atoms with Crippen LogP contribution in [-0.2, 0) is 6.42 Å². The van der Waals surface area contributed by atoms with Gasteiger partial charge < -0.3 is 13.9 Å². The van der Waals surface area contributed by atoms with E-state index in [4.69, 9.17) is 9.40 Å². The highest BCUT2D eigenvalue weighted by Gasteiger charge is 2.20. The zero-order valence-electron chi connectivity index (χ0n) is 22.4. The fraction of sp³-hybridized carbons (Fsp3) is 0.0833. The topological polar surface area (TPSA) is 34.2 Å². The van der Waals surface area contributed by atoms with Crippen molar-refractivity contribution in [2.45, 2.75) is 19.8 Å². The number of para-hydroxylation sites is 2. The Morgan fingerprint density at radius 2 is 1.80 bits per heavy atom. The molecule has 0 bridgehead atoms. The number of hydrogen-bond donors (Lipinski definition) is 0. The molecule has 0 atom stereocenters. The molecule has 3 heterocycles. The highest BCUT2D eigenvalue weighted by atomic mass is 16.3. The van der Waals surface area contributed by atoms with Crippen LogP contribution < -0.4 is 4.90 Å². The first-order valence-electron chi connectivity index (χ1n) is 13.7. The van der Waals surface area contributed by atoms with Gasteiger partial charge in [0.1, 0.15) is 5.58 Å². The molecule has 4 nitrogen and oxygen atoms in total. The van der Waals surface area contributed by atoms with Crippen molar-refractivity contribution in [2.24, 2.45) is 0 Å². The molecular weight excluding hydrogens is 490 g/mol. The lowest BCUT2D eigenvalue weighted by Gasteiger charge is -2.26. The summed E-state index contributed by atoms with van der Waals surface area (Å²) in [4.78, 5) is 6.97. The summed E-state index contributed by atoms with van der Waals surface area (Å²) in [6.07, 6.45) is 16.4. The average molecular weight is 520 g/mol. The number of benzene rings is 3. The van der Waals surface area contributed by atoms with E-state index < -0.39 is 0 Å². The summed E-state index contributed by atoms with van der Waals surface area (Å²) in [7, 11) is 0. The first kappa shape index (κ1) is 24.0. The van der Waals surface area contributed by atoms with Gasteiger partial charge in [0.2, 0.25) is 5.71 Å². The van der Waals surface area contributed by atoms with Gasteiger partial charge in [0.15, 0.2) is 0 Å². The van der Waals surface area contributed by atoms with Gasteiger partial charge in [0.25, 0.3) is 0 Å². The van der Waals surface area contributed by atoms with E-state index in [9.17, 15) is 0 Å². The Labute approximate surface area is 233 Å². The number of nitrogens with zero attached hydrogens (tertiary/aromatic N) is 3. The van der Waals surface area contributed by atoms with E-state index in [2.05, 4.69) is 94.9 Å². The predicted octanol–water partition coefficient (Wildman–Crippen LogP) is 9.67. The molecule has 0 saturated heterocycles. The largest absolute Gasteiger partial charge is 0.438 e. The zero-order valence-corrected chi connectivity index (χ0v) is 22.4. The first-order chi connectivity index (χ1) is 19.8. The van der Waals surface area contributed by atoms with Gasteiger partial charge in [0.05, 0.1) is 22.8 Å². The fourth-order valence-corrected chi connectivity index (χ4v) is 5.89. The van der Waals surface area contributed by atoms with Crippen LogP contribution in [0.3, 0.4) is 0 Å². The fourth-order valence-electron chi connectivity index (χ4n) is 5.89. The van der Waals surface area contributed by atoms with Crippen LogP contribution in [-0.4, -0.2) is 9.55 Å². The van der Waals surface area contributed by atoms with Gasteiger partial charge >= 0.3 is 0 Å². The second-order valence-corrected chi connectivity index (χ2v) is 9.98. The highest BCUT2D eigenvalue weighted by molar-refractivity contribution is 6.06. The van der Waals surface area contributed by atoms with Gasteiger partial charge in [0, 0.05) is 39.1 Å². The van der Waals surface area contributed by atoms with E-state index in [1.54, 1.807) is 0 Å². The van der Waals surface area contributed by atoms with E-state index in [1.807, 2.05) is 49.5 Å². The SMILES string of the molecule is C=CC=C(C=CC)N(c1ccccc1)c1cnc2oc3ccc(-n4c5c(c6ccccc64)C=CCC5)cc3c2c1. The van der Waals surface area contributed by atoms with Gasteiger partial charge in [-0.25, -0.2) is 4.98 Å². The molecule has 1 aliphatic rings. The van der Waals surface area contributed by atoms with Gasteiger partial charge in [-0.2, -0.15) is 0 Å². The number of aromatic nitrogens is 2. The quantitative estimate of drug-likeness (QED) is 0.205. The Balaban J connectivity index is 1.44. The summed E-state index contributed by atoms with van der Waals surface area (Å²) in [5.41, 5.74) is 9.50. The summed E-state index contributed by atoms with van der Waals surface area (Å²) >= 11 is 0. The van der Waals surface area contributed by atoms with Crippen LogP contribution in [0.25, 0.3) is 44.7 Å². The summed E-state index contributed by atoms with van der Waals surface area (Å²) in [6.45, 7) is 5.97. The molecule has 0 N–H and O–H groups in total. The molecule has 0 aliphatic heterocycles. The van der Waals surface area contributed by atoms with Crippen molar-refractivity contribution in [1.29, 1.82) is 0 Å². The van der Waals surface area contributed by atoms with Crippen LogP contribution in [0, 0.1) is 0 Å². The number of allylic oxidation sites excluding steroid dienone is 5. The maximum Gasteiger partial charge on any atom is 0.227 e. The van der Waals surface area contributed by atoms with Crippen molar-refractivity contribution in [2.75, 3.05) is 4.90 Å². The molecule has 0 radical (unpaired) electrons. The lowest BCUT2D eigenvalue weighted by atomic mass is 10.0. The van der Waals surface area contributed by atoms with Crippen molar-refractivity contribution in [3.63, 3.8) is 0 Å². The average Bonchev–Trinajstić information content (AvgIpc) is 3.53. The monoisotopic (exact) mass is 519 g/mol. The molecule has 3 aromatic carbocycles. The van der Waals surface area contributed by atoms with Crippen LogP contribution in [0.1, 0.15) is 24.6 Å². The second-order valence-electron chi connectivity index (χ2n) is 9.98. The van der Waals surface area contributed by atoms with Crippen LogP contribution in [0.4, 0.5) is 11.4 Å². The Hall–Kier alpha value is -5.09. The van der Waals surface area contributed by atoms with Crippen molar-refractivity contribution in [3.8, 4) is 5.69 Å². The van der Waals surface area contributed by atoms with E-state index in [-0.39, 0.29) is 0 Å². The number of fused-ring (bicyclic) bond motifs is 6. The van der Waals surface area contributed by atoms with Gasteiger partial charge in [-0.1, -0.05) is 67.3 Å². The maximum atomic E-state index is 6.23. The smallest absolute Gasteiger partial charge is 0.227 e. The van der Waals surface area contributed by atoms with Gasteiger partial charge in [-0.15, -0.1) is 0 Å². The molecule has 4 heteroatoms. The minimum absolute atomic E-state index is 0.631. The van der Waals surface area contributed by atoms with E-state index in [1.165, 1.54) is 22.2 Å². The number of rotatable bonds is 6. The van der Waals surface area contributed by atoms with Crippen molar-refractivity contribution >= 4 is 50.4 Å². The molecule has 6 aromatic rings. The van der Waals surface area contributed by atoms with Crippen LogP contribution in [0.2, 0.25) is 0 Å². The molecule has 0 spiro atoms. The van der Waals surface area contributed by atoms with Crippen molar-refractivity contribution in [3.05, 3.63) is 139 Å². The number of furan rings is 1. The second kappa shape index (κ2) is 9.90. The van der Waals surface area contributed by atoms with Crippen molar-refractivity contribution in [1.82, 2.24) is 9.55 Å². The highest BCUT2D eigenvalue weighted by Crippen LogP contribution is 2.38. The van der Waals surface area contributed by atoms with Crippen molar-refractivity contribution < 1.29 is 4.42 Å². The van der Waals surface area contributed by atoms with Crippen LogP contribution >= 0.6 is 0 Å². The molecule has 7 rings (SSSR count). The van der Waals surface area contributed by atoms with E-state index >= 15 is 0 Å². The van der Waals surface area contributed by atoms with Crippen LogP contribution in [0.5, 0.6) is 0 Å². The Bertz CT molecular complexity index is 1990. The first-order valence-corrected chi connectivity index (χ1v) is 13.7. The molecule has 3 aromatic heterocycles. The molecule has 0 fully saturated rings. The third kappa shape index (κ3) is 3.88. The third-order valence-corrected chi connectivity index (χ3v) is 7.56. The third-order valence-electron chi connectivity index (χ3n) is 7.56. The Morgan fingerprint density at radius 1 is 0.950 bits per heavy atom. The molecule has 40 heavy (non-hydrogen) atoms. The predicted molar refractivity (Wildman–Crippen MR) is 167 cm³/mol.